The van der Waals surface area contributed by atoms with Crippen LogP contribution in [0.2, 0.25) is 0 Å². The third-order valence-corrected chi connectivity index (χ3v) is 5.90. The Bertz CT molecular complexity index is 741. The predicted molar refractivity (Wildman–Crippen MR) is 81.5 cm³/mol. The van der Waals surface area contributed by atoms with Crippen LogP contribution < -0.4 is 0 Å². The molecule has 1 aliphatic rings. The van der Waals surface area contributed by atoms with E-state index in [1.165, 1.54) is 15.7 Å². The van der Waals surface area contributed by atoms with Crippen LogP contribution in [-0.2, 0) is 23.2 Å². The average Bonchev–Trinajstić information content (AvgIpc) is 3.27. The van der Waals surface area contributed by atoms with E-state index in [1.54, 1.807) is 12.3 Å². The summed E-state index contributed by atoms with van der Waals surface area (Å²) in [6.45, 7) is 2.44. The van der Waals surface area contributed by atoms with Gasteiger partial charge < -0.3 is 8.94 Å². The lowest BCUT2D eigenvalue weighted by molar-refractivity contribution is 0.292. The summed E-state index contributed by atoms with van der Waals surface area (Å²) >= 11 is 0. The molecule has 8 nitrogen and oxygen atoms in total. The largest absolute Gasteiger partial charge is 0.468 e. The zero-order valence-corrected chi connectivity index (χ0v) is 14.0. The van der Waals surface area contributed by atoms with Crippen LogP contribution in [0.3, 0.4) is 0 Å². The van der Waals surface area contributed by atoms with Crippen molar-refractivity contribution in [3.63, 3.8) is 0 Å². The summed E-state index contributed by atoms with van der Waals surface area (Å²) < 4.78 is 38.9. The summed E-state index contributed by atoms with van der Waals surface area (Å²) in [5, 5.41) is 3.79. The minimum Gasteiger partial charge on any atom is -0.468 e. The van der Waals surface area contributed by atoms with E-state index >= 15 is 0 Å². The second kappa shape index (κ2) is 6.42. The molecule has 1 atom stereocenters. The van der Waals surface area contributed by atoms with Crippen molar-refractivity contribution in [2.24, 2.45) is 0 Å². The monoisotopic (exact) mass is 340 g/mol. The van der Waals surface area contributed by atoms with Crippen LogP contribution in [0.4, 0.5) is 0 Å². The Kier molecular flexibility index (Phi) is 4.51. The molecule has 0 amide bonds. The molecule has 23 heavy (non-hydrogen) atoms. The number of hydrogen-bond acceptors (Lipinski definition) is 6. The van der Waals surface area contributed by atoms with Gasteiger partial charge >= 0.3 is 0 Å². The van der Waals surface area contributed by atoms with E-state index < -0.39 is 10.2 Å². The van der Waals surface area contributed by atoms with E-state index in [0.29, 0.717) is 30.4 Å². The summed E-state index contributed by atoms with van der Waals surface area (Å²) in [6.07, 6.45) is 3.76. The van der Waals surface area contributed by atoms with Gasteiger partial charge in [-0.15, -0.1) is 0 Å². The lowest BCUT2D eigenvalue weighted by atomic mass is 10.2. The maximum Gasteiger partial charge on any atom is 0.282 e. The summed E-state index contributed by atoms with van der Waals surface area (Å²) in [7, 11) is -2.11. The lowest BCUT2D eigenvalue weighted by Crippen LogP contribution is -2.41. The molecule has 126 valence electrons. The van der Waals surface area contributed by atoms with E-state index in [4.69, 9.17) is 8.94 Å². The van der Waals surface area contributed by atoms with E-state index in [9.17, 15) is 8.42 Å². The van der Waals surface area contributed by atoms with Gasteiger partial charge in [0, 0.05) is 20.0 Å². The number of hydrogen-bond donors (Lipinski definition) is 0. The van der Waals surface area contributed by atoms with Gasteiger partial charge in [-0.3, -0.25) is 0 Å². The van der Waals surface area contributed by atoms with E-state index in [0.717, 1.165) is 12.8 Å². The predicted octanol–water partition coefficient (Wildman–Crippen LogP) is 1.74. The first-order valence-corrected chi connectivity index (χ1v) is 9.00. The highest BCUT2D eigenvalue weighted by Crippen LogP contribution is 2.35. The molecule has 9 heteroatoms. The van der Waals surface area contributed by atoms with Crippen molar-refractivity contribution < 1.29 is 17.4 Å². The molecule has 3 heterocycles. The van der Waals surface area contributed by atoms with Gasteiger partial charge in [0.25, 0.3) is 10.2 Å². The molecule has 1 saturated heterocycles. The minimum absolute atomic E-state index is 0.0523. The van der Waals surface area contributed by atoms with Crippen molar-refractivity contribution in [1.29, 1.82) is 0 Å². The fourth-order valence-electron chi connectivity index (χ4n) is 2.73. The molecule has 0 aromatic carbocycles. The lowest BCUT2D eigenvalue weighted by Gasteiger charge is -2.27. The number of aryl methyl sites for hydroxylation is 1. The minimum atomic E-state index is -3.63. The van der Waals surface area contributed by atoms with Gasteiger partial charge in [-0.2, -0.15) is 22.0 Å². The first kappa shape index (κ1) is 16.2. The highest BCUT2D eigenvalue weighted by molar-refractivity contribution is 7.86. The van der Waals surface area contributed by atoms with Crippen molar-refractivity contribution >= 4 is 10.2 Å². The van der Waals surface area contributed by atoms with Gasteiger partial charge in [0.05, 0.1) is 18.8 Å². The molecule has 0 aliphatic carbocycles. The van der Waals surface area contributed by atoms with Crippen molar-refractivity contribution in [1.82, 2.24) is 18.8 Å². The third kappa shape index (κ3) is 3.17. The zero-order chi connectivity index (χ0) is 16.4. The Morgan fingerprint density at radius 3 is 2.96 bits per heavy atom. The van der Waals surface area contributed by atoms with Crippen LogP contribution in [0, 0.1) is 0 Å². The molecule has 0 unspecified atom stereocenters. The molecule has 0 spiro atoms. The Balaban J connectivity index is 1.76. The number of furan rings is 1. The van der Waals surface area contributed by atoms with Crippen LogP contribution in [0.25, 0.3) is 0 Å². The first-order chi connectivity index (χ1) is 11.0. The molecule has 0 N–H and O–H groups in total. The van der Waals surface area contributed by atoms with Gasteiger partial charge in [-0.05, 0) is 25.0 Å². The molecule has 1 aliphatic heterocycles. The molecule has 1 fully saturated rings. The highest BCUT2D eigenvalue weighted by atomic mass is 32.2. The third-order valence-electron chi connectivity index (χ3n) is 3.95. The van der Waals surface area contributed by atoms with Gasteiger partial charge in [-0.1, -0.05) is 12.1 Å². The maximum atomic E-state index is 12.8. The SMILES string of the molecule is CCc1noc(CN(C)S(=O)(=O)N2CCC[C@H]2c2ccco2)n1. The number of nitrogens with zero attached hydrogens (tertiary/aromatic N) is 4. The van der Waals surface area contributed by atoms with Crippen molar-refractivity contribution in [2.45, 2.75) is 38.8 Å². The van der Waals surface area contributed by atoms with E-state index in [1.807, 2.05) is 13.0 Å². The molecule has 0 saturated carbocycles. The second-order valence-electron chi connectivity index (χ2n) is 5.51. The number of rotatable bonds is 6. The fourth-order valence-corrected chi connectivity index (χ4v) is 4.25. The molecule has 3 rings (SSSR count). The second-order valence-corrected chi connectivity index (χ2v) is 7.49. The molecule has 0 radical (unpaired) electrons. The topological polar surface area (TPSA) is 92.7 Å². The Morgan fingerprint density at radius 1 is 1.48 bits per heavy atom. The van der Waals surface area contributed by atoms with Crippen LogP contribution in [0.15, 0.2) is 27.3 Å². The van der Waals surface area contributed by atoms with Crippen molar-refractivity contribution in [3.8, 4) is 0 Å². The van der Waals surface area contributed by atoms with Crippen molar-refractivity contribution in [2.75, 3.05) is 13.6 Å². The number of aromatic nitrogens is 2. The quantitative estimate of drug-likeness (QED) is 0.795. The molecule has 0 bridgehead atoms. The van der Waals surface area contributed by atoms with Crippen LogP contribution >= 0.6 is 0 Å². The van der Waals surface area contributed by atoms with Crippen LogP contribution in [0.1, 0.15) is 43.3 Å². The van der Waals surface area contributed by atoms with Crippen LogP contribution in [0.5, 0.6) is 0 Å². The van der Waals surface area contributed by atoms with Gasteiger partial charge in [0.1, 0.15) is 5.76 Å². The Hall–Kier alpha value is -1.71. The smallest absolute Gasteiger partial charge is 0.282 e. The zero-order valence-electron chi connectivity index (χ0n) is 13.2. The van der Waals surface area contributed by atoms with E-state index in [-0.39, 0.29) is 12.6 Å². The fraction of sp³-hybridized carbons (Fsp3) is 0.571. The maximum absolute atomic E-state index is 12.8. The molecule has 2 aromatic rings. The van der Waals surface area contributed by atoms with Crippen LogP contribution in [-0.4, -0.2) is 40.8 Å². The Morgan fingerprint density at radius 2 is 2.30 bits per heavy atom. The van der Waals surface area contributed by atoms with Gasteiger partial charge in [-0.25, -0.2) is 0 Å². The molecule has 2 aromatic heterocycles. The normalized spacial score (nSPS) is 19.7. The Labute approximate surface area is 135 Å². The molecular weight excluding hydrogens is 320 g/mol. The summed E-state index contributed by atoms with van der Waals surface area (Å²) in [4.78, 5) is 4.16. The summed E-state index contributed by atoms with van der Waals surface area (Å²) in [5.74, 6) is 1.53. The van der Waals surface area contributed by atoms with Crippen molar-refractivity contribution in [3.05, 3.63) is 35.9 Å². The van der Waals surface area contributed by atoms with E-state index in [2.05, 4.69) is 10.1 Å². The average molecular weight is 340 g/mol. The highest BCUT2D eigenvalue weighted by Gasteiger charge is 2.39. The van der Waals surface area contributed by atoms with Gasteiger partial charge in [0.2, 0.25) is 5.89 Å². The summed E-state index contributed by atoms with van der Waals surface area (Å²) in [5.41, 5.74) is 0. The first-order valence-electron chi connectivity index (χ1n) is 7.60. The standard InChI is InChI=1S/C14H20N4O4S/c1-3-13-15-14(22-16-13)10-17(2)23(19,20)18-8-4-6-11(18)12-7-5-9-21-12/h5,7,9,11H,3-4,6,8,10H2,1-2H3/t11-/m0/s1. The molecular formula is C14H20N4O4S. The van der Waals surface area contributed by atoms with Gasteiger partial charge in [0.15, 0.2) is 5.82 Å². The summed E-state index contributed by atoms with van der Waals surface area (Å²) in [6, 6.07) is 3.32.